The van der Waals surface area contributed by atoms with Gasteiger partial charge < -0.3 is 0 Å². The number of thiophene rings is 1. The van der Waals surface area contributed by atoms with Gasteiger partial charge in [-0.25, -0.2) is 9.97 Å². The zero-order valence-corrected chi connectivity index (χ0v) is 26.7. The molecule has 10 rings (SSSR count). The van der Waals surface area contributed by atoms with E-state index >= 15 is 0 Å². The Morgan fingerprint density at radius 1 is 0.438 bits per heavy atom. The molecule has 3 nitrogen and oxygen atoms in total. The van der Waals surface area contributed by atoms with Crippen LogP contribution in [0.4, 0.5) is 0 Å². The second kappa shape index (κ2) is 10.7. The molecule has 3 aromatic heterocycles. The highest BCUT2D eigenvalue weighted by molar-refractivity contribution is 7.25. The number of para-hydroxylation sites is 3. The summed E-state index contributed by atoms with van der Waals surface area (Å²) in [6, 6.07) is 58.3. The molecular formula is C44H27N3S. The Labute approximate surface area is 281 Å². The maximum absolute atomic E-state index is 5.32. The SMILES string of the molecule is c1ccc(-c2nc(-n3c4ccccc4c4cccc(-c5cccc(-c6cccc7sc8ccccc8c67)c5)c43)nc3ccccc23)cc1. The Hall–Kier alpha value is -6.10. The quantitative estimate of drug-likeness (QED) is 0.194. The summed E-state index contributed by atoms with van der Waals surface area (Å²) in [6.07, 6.45) is 0. The van der Waals surface area contributed by atoms with E-state index in [0.29, 0.717) is 5.95 Å². The van der Waals surface area contributed by atoms with E-state index in [9.17, 15) is 0 Å². The van der Waals surface area contributed by atoms with E-state index in [-0.39, 0.29) is 0 Å². The fourth-order valence-electron chi connectivity index (χ4n) is 7.31. The van der Waals surface area contributed by atoms with Gasteiger partial charge in [0.2, 0.25) is 5.95 Å². The molecule has 7 aromatic carbocycles. The van der Waals surface area contributed by atoms with Gasteiger partial charge in [0.15, 0.2) is 0 Å². The monoisotopic (exact) mass is 629 g/mol. The first-order chi connectivity index (χ1) is 23.8. The molecule has 224 valence electrons. The Morgan fingerprint density at radius 2 is 1.06 bits per heavy atom. The number of nitrogens with zero attached hydrogens (tertiary/aromatic N) is 3. The molecule has 0 unspecified atom stereocenters. The number of hydrogen-bond donors (Lipinski definition) is 0. The molecule has 0 spiro atoms. The van der Waals surface area contributed by atoms with Gasteiger partial charge in [0.05, 0.1) is 22.2 Å². The lowest BCUT2D eigenvalue weighted by Crippen LogP contribution is -2.04. The van der Waals surface area contributed by atoms with Crippen molar-refractivity contribution in [3.05, 3.63) is 164 Å². The van der Waals surface area contributed by atoms with Crippen molar-refractivity contribution in [2.75, 3.05) is 0 Å². The minimum atomic E-state index is 0.664. The topological polar surface area (TPSA) is 30.7 Å². The van der Waals surface area contributed by atoms with Crippen molar-refractivity contribution < 1.29 is 0 Å². The molecule has 48 heavy (non-hydrogen) atoms. The molecule has 0 aliphatic rings. The van der Waals surface area contributed by atoms with Crippen LogP contribution >= 0.6 is 11.3 Å². The van der Waals surface area contributed by atoms with Crippen molar-refractivity contribution in [1.29, 1.82) is 0 Å². The Kier molecular flexibility index (Phi) is 6.05. The minimum Gasteiger partial charge on any atom is -0.277 e. The fraction of sp³-hybridized carbons (Fsp3) is 0. The molecular weight excluding hydrogens is 603 g/mol. The summed E-state index contributed by atoms with van der Waals surface area (Å²) in [7, 11) is 0. The molecule has 0 saturated heterocycles. The number of rotatable bonds is 4. The number of fused-ring (bicyclic) bond motifs is 7. The average molecular weight is 630 g/mol. The first kappa shape index (κ1) is 27.1. The van der Waals surface area contributed by atoms with Crippen LogP contribution in [0.1, 0.15) is 0 Å². The predicted octanol–water partition coefficient (Wildman–Crippen LogP) is 12.1. The Morgan fingerprint density at radius 3 is 1.96 bits per heavy atom. The standard InChI is InChI=1S/C44H27N3S/c1-2-13-28(14-3-1)42-35-18-4-7-23-37(35)45-44(46-42)47-38-24-8-5-17-33(38)34-22-11-21-32(43(34)47)30-16-10-15-29(27-30)31-20-12-26-40-41(31)36-19-6-9-25-39(36)48-40/h1-27H. The molecule has 0 atom stereocenters. The van der Waals surface area contributed by atoms with Gasteiger partial charge in [-0.05, 0) is 47.0 Å². The lowest BCUT2D eigenvalue weighted by molar-refractivity contribution is 1.01. The summed E-state index contributed by atoms with van der Waals surface area (Å²) in [6.45, 7) is 0. The van der Waals surface area contributed by atoms with Crippen molar-refractivity contribution in [3.63, 3.8) is 0 Å². The largest absolute Gasteiger partial charge is 0.277 e. The van der Waals surface area contributed by atoms with Crippen LogP contribution in [-0.4, -0.2) is 14.5 Å². The summed E-state index contributed by atoms with van der Waals surface area (Å²) in [5.41, 5.74) is 9.86. The first-order valence-electron chi connectivity index (χ1n) is 16.2. The highest BCUT2D eigenvalue weighted by atomic mass is 32.1. The third kappa shape index (κ3) is 4.13. The van der Waals surface area contributed by atoms with Gasteiger partial charge in [-0.1, -0.05) is 133 Å². The van der Waals surface area contributed by atoms with Crippen LogP contribution in [0.3, 0.4) is 0 Å². The van der Waals surface area contributed by atoms with Gasteiger partial charge in [-0.15, -0.1) is 11.3 Å². The molecule has 0 bridgehead atoms. The van der Waals surface area contributed by atoms with E-state index in [1.165, 1.54) is 42.1 Å². The summed E-state index contributed by atoms with van der Waals surface area (Å²) >= 11 is 1.86. The van der Waals surface area contributed by atoms with E-state index < -0.39 is 0 Å². The molecule has 0 aliphatic carbocycles. The van der Waals surface area contributed by atoms with Crippen molar-refractivity contribution in [2.45, 2.75) is 0 Å². The lowest BCUT2D eigenvalue weighted by atomic mass is 9.95. The third-order valence-corrected chi connectivity index (χ3v) is 10.6. The highest BCUT2D eigenvalue weighted by Gasteiger charge is 2.20. The fourth-order valence-corrected chi connectivity index (χ4v) is 8.44. The average Bonchev–Trinajstić information content (AvgIpc) is 3.71. The molecule has 0 radical (unpaired) electrons. The Bertz CT molecular complexity index is 2840. The van der Waals surface area contributed by atoms with E-state index in [2.05, 4.69) is 156 Å². The van der Waals surface area contributed by atoms with Gasteiger partial charge in [0, 0.05) is 47.5 Å². The third-order valence-electron chi connectivity index (χ3n) is 9.42. The molecule has 3 heterocycles. The molecule has 0 aliphatic heterocycles. The smallest absolute Gasteiger partial charge is 0.235 e. The molecule has 0 fully saturated rings. The van der Waals surface area contributed by atoms with Crippen LogP contribution in [0.2, 0.25) is 0 Å². The molecule has 0 N–H and O–H groups in total. The van der Waals surface area contributed by atoms with E-state index in [1.54, 1.807) is 0 Å². The van der Waals surface area contributed by atoms with Gasteiger partial charge in [-0.3, -0.25) is 4.57 Å². The zero-order valence-electron chi connectivity index (χ0n) is 25.8. The number of hydrogen-bond acceptors (Lipinski definition) is 3. The second-order valence-corrected chi connectivity index (χ2v) is 13.3. The van der Waals surface area contributed by atoms with Crippen LogP contribution < -0.4 is 0 Å². The van der Waals surface area contributed by atoms with Crippen LogP contribution in [0.25, 0.3) is 92.3 Å². The van der Waals surface area contributed by atoms with E-state index in [4.69, 9.17) is 9.97 Å². The normalized spacial score (nSPS) is 11.8. The summed E-state index contributed by atoms with van der Waals surface area (Å²) < 4.78 is 4.89. The van der Waals surface area contributed by atoms with Crippen molar-refractivity contribution in [1.82, 2.24) is 14.5 Å². The predicted molar refractivity (Wildman–Crippen MR) is 203 cm³/mol. The highest BCUT2D eigenvalue weighted by Crippen LogP contribution is 2.42. The first-order valence-corrected chi connectivity index (χ1v) is 17.0. The van der Waals surface area contributed by atoms with Gasteiger partial charge >= 0.3 is 0 Å². The number of benzene rings is 7. The van der Waals surface area contributed by atoms with Crippen LogP contribution in [0, 0.1) is 0 Å². The van der Waals surface area contributed by atoms with Gasteiger partial charge in [-0.2, -0.15) is 0 Å². The molecule has 0 saturated carbocycles. The van der Waals surface area contributed by atoms with Gasteiger partial charge in [0.25, 0.3) is 0 Å². The summed E-state index contributed by atoms with van der Waals surface area (Å²) in [4.78, 5) is 10.5. The van der Waals surface area contributed by atoms with Crippen LogP contribution in [0.5, 0.6) is 0 Å². The molecule has 4 heteroatoms. The summed E-state index contributed by atoms with van der Waals surface area (Å²) in [5, 5.41) is 6.02. The van der Waals surface area contributed by atoms with Crippen LogP contribution in [-0.2, 0) is 0 Å². The van der Waals surface area contributed by atoms with E-state index in [0.717, 1.165) is 44.3 Å². The van der Waals surface area contributed by atoms with Crippen molar-refractivity contribution in [3.8, 4) is 39.5 Å². The second-order valence-electron chi connectivity index (χ2n) is 12.2. The van der Waals surface area contributed by atoms with E-state index in [1.807, 2.05) is 23.5 Å². The summed E-state index contributed by atoms with van der Waals surface area (Å²) in [5.74, 6) is 0.664. The van der Waals surface area contributed by atoms with Crippen molar-refractivity contribution >= 4 is 64.2 Å². The lowest BCUT2D eigenvalue weighted by Gasteiger charge is -2.14. The maximum Gasteiger partial charge on any atom is 0.235 e. The van der Waals surface area contributed by atoms with Crippen molar-refractivity contribution in [2.24, 2.45) is 0 Å². The molecule has 0 amide bonds. The molecule has 10 aromatic rings. The van der Waals surface area contributed by atoms with Gasteiger partial charge in [0.1, 0.15) is 0 Å². The van der Waals surface area contributed by atoms with Crippen LogP contribution in [0.15, 0.2) is 164 Å². The number of aromatic nitrogens is 3. The zero-order chi connectivity index (χ0) is 31.6. The maximum atomic E-state index is 5.32. The minimum absolute atomic E-state index is 0.664. The Balaban J connectivity index is 1.25.